The number of quaternary nitrogens is 1. The van der Waals surface area contributed by atoms with E-state index in [1.165, 1.54) is 0 Å². The molecular formula is C17H21N4O4S+. The lowest BCUT2D eigenvalue weighted by Crippen LogP contribution is -2.61. The van der Waals surface area contributed by atoms with Crippen molar-refractivity contribution in [3.63, 3.8) is 0 Å². The van der Waals surface area contributed by atoms with Gasteiger partial charge in [-0.05, 0) is 19.4 Å². The Morgan fingerprint density at radius 2 is 2.04 bits per heavy atom. The molecule has 0 spiro atoms. The van der Waals surface area contributed by atoms with Gasteiger partial charge in [0.25, 0.3) is 0 Å². The molecule has 8 nitrogen and oxygen atoms in total. The fourth-order valence-corrected chi connectivity index (χ4v) is 4.15. The first-order chi connectivity index (χ1) is 12.3. The van der Waals surface area contributed by atoms with Crippen LogP contribution in [0.2, 0.25) is 0 Å². The molecule has 1 aliphatic rings. The third-order valence-corrected chi connectivity index (χ3v) is 5.87. The summed E-state index contributed by atoms with van der Waals surface area (Å²) in [4.78, 5) is 39.8. The molecule has 1 fully saturated rings. The molecule has 2 unspecified atom stereocenters. The zero-order valence-corrected chi connectivity index (χ0v) is 15.4. The highest BCUT2D eigenvalue weighted by Gasteiger charge is 2.57. The third kappa shape index (κ3) is 3.90. The lowest BCUT2D eigenvalue weighted by molar-refractivity contribution is -0.794. The van der Waals surface area contributed by atoms with Crippen molar-refractivity contribution in [2.24, 2.45) is 11.0 Å². The molecule has 1 aromatic carbocycles. The summed E-state index contributed by atoms with van der Waals surface area (Å²) in [6, 6.07) is 7.70. The van der Waals surface area contributed by atoms with Crippen molar-refractivity contribution in [2.75, 3.05) is 12.3 Å². The van der Waals surface area contributed by atoms with Crippen LogP contribution in [0.3, 0.4) is 0 Å². The van der Waals surface area contributed by atoms with Crippen LogP contribution in [0.25, 0.3) is 10.4 Å². The Balaban J connectivity index is 2.10. The normalized spacial score (nSPS) is 25.9. The van der Waals surface area contributed by atoms with Gasteiger partial charge in [0.15, 0.2) is 0 Å². The number of carbonyl (C=O) groups excluding carboxylic acids is 2. The largest absolute Gasteiger partial charge is 0.521 e. The van der Waals surface area contributed by atoms with Crippen LogP contribution in [0.15, 0.2) is 35.4 Å². The van der Waals surface area contributed by atoms with Crippen LogP contribution in [0.1, 0.15) is 30.6 Å². The minimum absolute atomic E-state index is 0.0545. The van der Waals surface area contributed by atoms with Crippen LogP contribution in [0.5, 0.6) is 0 Å². The predicted octanol–water partition coefficient (Wildman–Crippen LogP) is 3.69. The SMILES string of the molecule is CC(CSC(=O)c1ccccc1)C(=O)[N@+]1(C(=O)O)C[C@@H](N=[N+]=[N-])CC1C. The molecule has 138 valence electrons. The summed E-state index contributed by atoms with van der Waals surface area (Å²) in [7, 11) is 0. The van der Waals surface area contributed by atoms with Crippen LogP contribution in [0, 0.1) is 5.92 Å². The predicted molar refractivity (Wildman–Crippen MR) is 97.6 cm³/mol. The molecule has 1 heterocycles. The van der Waals surface area contributed by atoms with E-state index < -0.39 is 34.5 Å². The van der Waals surface area contributed by atoms with E-state index in [1.54, 1.807) is 38.1 Å². The van der Waals surface area contributed by atoms with E-state index in [9.17, 15) is 19.5 Å². The zero-order valence-electron chi connectivity index (χ0n) is 14.6. The van der Waals surface area contributed by atoms with Gasteiger partial charge in [-0.2, -0.15) is 9.28 Å². The van der Waals surface area contributed by atoms with E-state index >= 15 is 0 Å². The molecule has 2 amide bonds. The summed E-state index contributed by atoms with van der Waals surface area (Å²) in [6.07, 6.45) is -0.908. The molecule has 26 heavy (non-hydrogen) atoms. The summed E-state index contributed by atoms with van der Waals surface area (Å²) in [5.41, 5.74) is 9.14. The second kappa shape index (κ2) is 8.35. The van der Waals surface area contributed by atoms with Crippen molar-refractivity contribution in [1.82, 2.24) is 0 Å². The molecule has 1 N–H and O–H groups in total. The van der Waals surface area contributed by atoms with E-state index in [2.05, 4.69) is 10.0 Å². The number of azide groups is 1. The average Bonchev–Trinajstić information content (AvgIpc) is 2.97. The zero-order chi connectivity index (χ0) is 19.3. The second-order valence-electron chi connectivity index (χ2n) is 6.48. The Kier molecular flexibility index (Phi) is 6.42. The molecule has 1 aliphatic heterocycles. The lowest BCUT2D eigenvalue weighted by atomic mass is 10.1. The number of likely N-dealkylation sites (tertiary alicyclic amines) is 1. The number of amides is 2. The van der Waals surface area contributed by atoms with E-state index in [1.807, 2.05) is 6.07 Å². The Hall–Kier alpha value is -2.35. The minimum atomic E-state index is -1.25. The summed E-state index contributed by atoms with van der Waals surface area (Å²) in [5.74, 6) is -0.899. The van der Waals surface area contributed by atoms with Crippen molar-refractivity contribution in [3.8, 4) is 0 Å². The molecule has 2 rings (SSSR count). The summed E-state index contributed by atoms with van der Waals surface area (Å²) < 4.78 is -0.759. The fraction of sp³-hybridized carbons (Fsp3) is 0.471. The molecule has 0 aromatic heterocycles. The Bertz CT molecular complexity index is 750. The number of carbonyl (C=O) groups is 3. The molecule has 0 saturated carbocycles. The Labute approximate surface area is 155 Å². The fourth-order valence-electron chi connectivity index (χ4n) is 3.31. The van der Waals surface area contributed by atoms with E-state index in [-0.39, 0.29) is 17.4 Å². The van der Waals surface area contributed by atoms with Gasteiger partial charge in [0.2, 0.25) is 5.12 Å². The van der Waals surface area contributed by atoms with Gasteiger partial charge in [0.1, 0.15) is 12.6 Å². The van der Waals surface area contributed by atoms with Gasteiger partial charge in [-0.25, -0.2) is 4.79 Å². The number of benzene rings is 1. The highest BCUT2D eigenvalue weighted by molar-refractivity contribution is 8.14. The monoisotopic (exact) mass is 377 g/mol. The molecule has 0 aliphatic carbocycles. The molecule has 1 saturated heterocycles. The van der Waals surface area contributed by atoms with Crippen LogP contribution in [-0.4, -0.2) is 51.1 Å². The summed E-state index contributed by atoms with van der Waals surface area (Å²) >= 11 is 1.00. The molecule has 0 radical (unpaired) electrons. The number of nitrogens with zero attached hydrogens (tertiary/aromatic N) is 4. The number of hydrogen-bond donors (Lipinski definition) is 1. The van der Waals surface area contributed by atoms with Crippen LogP contribution in [-0.2, 0) is 4.79 Å². The van der Waals surface area contributed by atoms with E-state index in [0.29, 0.717) is 12.0 Å². The van der Waals surface area contributed by atoms with E-state index in [0.717, 1.165) is 11.8 Å². The highest BCUT2D eigenvalue weighted by atomic mass is 32.2. The summed E-state index contributed by atoms with van der Waals surface area (Å²) in [6.45, 7) is 3.25. The quantitative estimate of drug-likeness (QED) is 0.363. The first kappa shape index (κ1) is 20.0. The summed E-state index contributed by atoms with van der Waals surface area (Å²) in [5, 5.41) is 13.2. The minimum Gasteiger partial charge on any atom is -0.435 e. The van der Waals surface area contributed by atoms with Crippen molar-refractivity contribution < 1.29 is 24.0 Å². The number of thioether (sulfide) groups is 1. The average molecular weight is 377 g/mol. The smallest absolute Gasteiger partial charge is 0.435 e. The van der Waals surface area contributed by atoms with Crippen molar-refractivity contribution >= 4 is 28.9 Å². The van der Waals surface area contributed by atoms with Gasteiger partial charge in [-0.3, -0.25) is 4.79 Å². The lowest BCUT2D eigenvalue weighted by Gasteiger charge is -2.31. The van der Waals surface area contributed by atoms with Crippen molar-refractivity contribution in [3.05, 3.63) is 46.3 Å². The van der Waals surface area contributed by atoms with Crippen LogP contribution >= 0.6 is 11.8 Å². The maximum absolute atomic E-state index is 12.9. The highest BCUT2D eigenvalue weighted by Crippen LogP contribution is 2.33. The maximum atomic E-state index is 12.9. The standard InChI is InChI=1S/C17H20N4O4S/c1-11(10-26-16(23)13-6-4-3-5-7-13)15(22)21(17(24)25)9-14(19-20-18)8-12(21)2/h3-7,11-12,14H,8-10H2,1-2H3/p+1/t11?,12?,14-,21-/m0/s1. The number of carboxylic acid groups (broad SMARTS) is 1. The Morgan fingerprint density at radius 3 is 2.62 bits per heavy atom. The third-order valence-electron chi connectivity index (χ3n) is 4.71. The van der Waals surface area contributed by atoms with Gasteiger partial charge >= 0.3 is 12.0 Å². The molecule has 4 atom stereocenters. The van der Waals surface area contributed by atoms with E-state index in [4.69, 9.17) is 5.53 Å². The van der Waals surface area contributed by atoms with Gasteiger partial charge in [0, 0.05) is 22.6 Å². The molecular weight excluding hydrogens is 356 g/mol. The van der Waals surface area contributed by atoms with Crippen LogP contribution in [0.4, 0.5) is 4.79 Å². The molecule has 1 aromatic rings. The molecule has 9 heteroatoms. The Morgan fingerprint density at radius 1 is 1.38 bits per heavy atom. The van der Waals surface area contributed by atoms with Gasteiger partial charge in [-0.1, -0.05) is 47.2 Å². The van der Waals surface area contributed by atoms with Gasteiger partial charge in [0.05, 0.1) is 12.0 Å². The number of hydrogen-bond acceptors (Lipinski definition) is 5. The first-order valence-electron chi connectivity index (χ1n) is 8.25. The number of imide groups is 1. The van der Waals surface area contributed by atoms with Crippen molar-refractivity contribution in [1.29, 1.82) is 0 Å². The van der Waals surface area contributed by atoms with Gasteiger partial charge in [-0.15, -0.1) is 0 Å². The van der Waals surface area contributed by atoms with Gasteiger partial charge < -0.3 is 5.11 Å². The van der Waals surface area contributed by atoms with Crippen LogP contribution < -0.4 is 0 Å². The number of rotatable bonds is 5. The second-order valence-corrected chi connectivity index (χ2v) is 7.47. The topological polar surface area (TPSA) is 120 Å². The maximum Gasteiger partial charge on any atom is 0.521 e. The molecule has 0 bridgehead atoms. The van der Waals surface area contributed by atoms with Crippen molar-refractivity contribution in [2.45, 2.75) is 32.4 Å². The first-order valence-corrected chi connectivity index (χ1v) is 9.23.